The Labute approximate surface area is 253 Å². The maximum atomic E-state index is 6.16. The third-order valence-corrected chi connectivity index (χ3v) is 9.20. The van der Waals surface area contributed by atoms with E-state index in [9.17, 15) is 0 Å². The Hall–Kier alpha value is -2.05. The second kappa shape index (κ2) is 12.6. The molecule has 3 aromatic carbocycles. The molecule has 0 aliphatic heterocycles. The monoisotopic (exact) mass is 632 g/mol. The molecule has 3 aromatic rings. The molecule has 208 valence electrons. The summed E-state index contributed by atoms with van der Waals surface area (Å²) in [5.74, 6) is 5.64. The zero-order valence-corrected chi connectivity index (χ0v) is 28.5. The number of terminal acetylenes is 1. The van der Waals surface area contributed by atoms with Crippen LogP contribution in [0.4, 0.5) is 0 Å². The summed E-state index contributed by atoms with van der Waals surface area (Å²) in [6.07, 6.45) is 6.16. The Morgan fingerprint density at radius 2 is 0.769 bits per heavy atom. The molecule has 0 amide bonds. The van der Waals surface area contributed by atoms with Gasteiger partial charge in [0.1, 0.15) is 0 Å². The van der Waals surface area contributed by atoms with Gasteiger partial charge in [0.15, 0.2) is 0 Å². The lowest BCUT2D eigenvalue weighted by Crippen LogP contribution is -2.07. The normalized spacial score (nSPS) is 12.1. The largest absolute Gasteiger partial charge is 0.115 e. The topological polar surface area (TPSA) is 0 Å². The van der Waals surface area contributed by atoms with Gasteiger partial charge < -0.3 is 0 Å². The van der Waals surface area contributed by atoms with Gasteiger partial charge in [-0.2, -0.15) is 0 Å². The predicted octanol–water partition coefficient (Wildman–Crippen LogP) is 12.3. The van der Waals surface area contributed by atoms with Crippen LogP contribution in [0.2, 0.25) is 0 Å². The first kappa shape index (κ1) is 31.5. The zero-order chi connectivity index (χ0) is 29.3. The van der Waals surface area contributed by atoms with Gasteiger partial charge in [-0.25, -0.2) is 0 Å². The van der Waals surface area contributed by atoms with Crippen molar-refractivity contribution in [1.82, 2.24) is 0 Å². The van der Waals surface area contributed by atoms with Crippen molar-refractivity contribution in [3.63, 3.8) is 0 Å². The van der Waals surface area contributed by atoms with E-state index in [1.807, 2.05) is 0 Å². The molecule has 0 bridgehead atoms. The smallest absolute Gasteiger partial charge is 0.0288 e. The molecule has 0 radical (unpaired) electrons. The molecular weight excluding hydrogens is 583 g/mol. The van der Waals surface area contributed by atoms with Gasteiger partial charge in [0.2, 0.25) is 0 Å². The summed E-state index contributed by atoms with van der Waals surface area (Å²) in [5, 5.41) is 0. The van der Waals surface area contributed by atoms with E-state index in [1.165, 1.54) is 59.2 Å². The van der Waals surface area contributed by atoms with Crippen molar-refractivity contribution >= 4 is 22.6 Å². The minimum Gasteiger partial charge on any atom is -0.115 e. The van der Waals surface area contributed by atoms with E-state index in [0.717, 1.165) is 5.56 Å². The molecule has 0 fully saturated rings. The third-order valence-electron chi connectivity index (χ3n) is 8.04. The fraction of sp³-hybridized carbons (Fsp3) is 0.474. The number of halogens is 1. The van der Waals surface area contributed by atoms with Crippen LogP contribution in [0.1, 0.15) is 158 Å². The molecule has 0 N–H and O–H groups in total. The standard InChI is InChI=1S/C38H49I/c1-14-27-15-34(36-30(23(6)7)17-28(21(2)3)18-31(36)24(8)9)38(39)35(16-27)37-32(25(10)11)19-29(22(4)5)20-33(37)26(12)13/h1,15-26H,2-13H3. The van der Waals surface area contributed by atoms with Gasteiger partial charge in [0, 0.05) is 9.13 Å². The van der Waals surface area contributed by atoms with Gasteiger partial charge in [0.05, 0.1) is 0 Å². The van der Waals surface area contributed by atoms with Crippen LogP contribution in [0.3, 0.4) is 0 Å². The molecule has 0 aromatic heterocycles. The van der Waals surface area contributed by atoms with Gasteiger partial charge >= 0.3 is 0 Å². The van der Waals surface area contributed by atoms with Crippen LogP contribution in [-0.2, 0) is 0 Å². The quantitative estimate of drug-likeness (QED) is 0.171. The SMILES string of the molecule is C#Cc1cc(-c2c(C(C)C)cc(C(C)C)cc2C(C)C)c(I)c(-c2c(C(C)C)cc(C(C)C)cc2C(C)C)c1. The maximum absolute atomic E-state index is 6.16. The summed E-state index contributed by atoms with van der Waals surface area (Å²) < 4.78 is 1.30. The molecule has 1 heteroatoms. The van der Waals surface area contributed by atoms with Crippen molar-refractivity contribution in [3.8, 4) is 34.6 Å². The van der Waals surface area contributed by atoms with Crippen LogP contribution in [0.25, 0.3) is 22.3 Å². The van der Waals surface area contributed by atoms with Gasteiger partial charge in [-0.3, -0.25) is 0 Å². The summed E-state index contributed by atoms with van der Waals surface area (Å²) >= 11 is 2.62. The minimum absolute atomic E-state index is 0.410. The van der Waals surface area contributed by atoms with E-state index in [4.69, 9.17) is 6.42 Å². The summed E-state index contributed by atoms with van der Waals surface area (Å²) in [5.41, 5.74) is 14.8. The second-order valence-electron chi connectivity index (χ2n) is 13.1. The van der Waals surface area contributed by atoms with E-state index in [-0.39, 0.29) is 0 Å². The van der Waals surface area contributed by atoms with Gasteiger partial charge in [0.25, 0.3) is 0 Å². The summed E-state index contributed by atoms with van der Waals surface area (Å²) in [6, 6.07) is 14.3. The molecule has 0 saturated heterocycles. The van der Waals surface area contributed by atoms with Crippen LogP contribution in [-0.4, -0.2) is 0 Å². The molecule has 0 saturated carbocycles. The Morgan fingerprint density at radius 1 is 0.487 bits per heavy atom. The third kappa shape index (κ3) is 6.48. The highest BCUT2D eigenvalue weighted by Gasteiger charge is 2.25. The molecular formula is C38H49I. The molecule has 0 atom stereocenters. The van der Waals surface area contributed by atoms with Gasteiger partial charge in [-0.15, -0.1) is 6.42 Å². The van der Waals surface area contributed by atoms with Gasteiger partial charge in [-0.1, -0.05) is 113 Å². The average molecular weight is 633 g/mol. The highest BCUT2D eigenvalue weighted by molar-refractivity contribution is 14.1. The van der Waals surface area contributed by atoms with Crippen LogP contribution < -0.4 is 0 Å². The number of hydrogen-bond acceptors (Lipinski definition) is 0. The summed E-state index contributed by atoms with van der Waals surface area (Å²) in [6.45, 7) is 27.8. The Bertz CT molecular complexity index is 1220. The number of hydrogen-bond donors (Lipinski definition) is 0. The van der Waals surface area contributed by atoms with E-state index in [0.29, 0.717) is 35.5 Å². The minimum atomic E-state index is 0.410. The molecule has 3 rings (SSSR count). The van der Waals surface area contributed by atoms with E-state index < -0.39 is 0 Å². The molecule has 0 heterocycles. The lowest BCUT2D eigenvalue weighted by atomic mass is 9.79. The van der Waals surface area contributed by atoms with Crippen molar-refractivity contribution in [3.05, 3.63) is 78.9 Å². The van der Waals surface area contributed by atoms with Crippen molar-refractivity contribution in [2.24, 2.45) is 0 Å². The molecule has 0 unspecified atom stereocenters. The van der Waals surface area contributed by atoms with Crippen LogP contribution in [0.15, 0.2) is 36.4 Å². The Morgan fingerprint density at radius 3 is 0.974 bits per heavy atom. The number of rotatable bonds is 8. The Balaban J connectivity index is 2.55. The van der Waals surface area contributed by atoms with Crippen molar-refractivity contribution < 1.29 is 0 Å². The highest BCUT2D eigenvalue weighted by Crippen LogP contribution is 2.46. The van der Waals surface area contributed by atoms with Crippen molar-refractivity contribution in [1.29, 1.82) is 0 Å². The number of benzene rings is 3. The average Bonchev–Trinajstić information content (AvgIpc) is 2.86. The predicted molar refractivity (Wildman–Crippen MR) is 182 cm³/mol. The van der Waals surface area contributed by atoms with Gasteiger partial charge in [-0.05, 0) is 126 Å². The molecule has 0 nitrogen and oxygen atoms in total. The molecule has 0 spiro atoms. The Kier molecular flexibility index (Phi) is 10.2. The van der Waals surface area contributed by atoms with Crippen LogP contribution in [0.5, 0.6) is 0 Å². The second-order valence-corrected chi connectivity index (χ2v) is 14.2. The first-order valence-corrected chi connectivity index (χ1v) is 15.9. The fourth-order valence-electron chi connectivity index (χ4n) is 5.61. The van der Waals surface area contributed by atoms with E-state index in [1.54, 1.807) is 0 Å². The van der Waals surface area contributed by atoms with Crippen molar-refractivity contribution in [2.75, 3.05) is 0 Å². The van der Waals surface area contributed by atoms with Crippen LogP contribution >= 0.6 is 22.6 Å². The highest BCUT2D eigenvalue weighted by atomic mass is 127. The molecule has 39 heavy (non-hydrogen) atoms. The van der Waals surface area contributed by atoms with E-state index >= 15 is 0 Å². The van der Waals surface area contributed by atoms with E-state index in [2.05, 4.69) is 148 Å². The fourth-order valence-corrected chi connectivity index (χ4v) is 6.46. The lowest BCUT2D eigenvalue weighted by Gasteiger charge is -2.27. The maximum Gasteiger partial charge on any atom is 0.0288 e. The molecule has 0 aliphatic rings. The first-order chi connectivity index (χ1) is 18.2. The lowest BCUT2D eigenvalue weighted by molar-refractivity contribution is 0.806. The summed E-state index contributed by atoms with van der Waals surface area (Å²) in [4.78, 5) is 0. The molecule has 0 aliphatic carbocycles. The van der Waals surface area contributed by atoms with Crippen molar-refractivity contribution in [2.45, 2.75) is 119 Å². The van der Waals surface area contributed by atoms with Crippen LogP contribution in [0, 0.1) is 15.9 Å². The first-order valence-electron chi connectivity index (χ1n) is 14.9. The zero-order valence-electron chi connectivity index (χ0n) is 26.4. The summed E-state index contributed by atoms with van der Waals surface area (Å²) in [7, 11) is 0.